The van der Waals surface area contributed by atoms with Crippen LogP contribution in [0.25, 0.3) is 0 Å². The van der Waals surface area contributed by atoms with E-state index in [-0.39, 0.29) is 0 Å². The average Bonchev–Trinajstić information content (AvgIpc) is 2.94. The fraction of sp³-hybridized carbons (Fsp3) is 1.00. The van der Waals surface area contributed by atoms with Gasteiger partial charge in [-0.05, 0) is 26.2 Å². The molecule has 242 valence electrons. The Morgan fingerprint density at radius 1 is 0.350 bits per heavy atom. The summed E-state index contributed by atoms with van der Waals surface area (Å²) in [4.78, 5) is 0. The molecule has 0 aromatic heterocycles. The monoisotopic (exact) mass is 585 g/mol. The lowest BCUT2D eigenvalue weighted by molar-refractivity contribution is 0.0226. The van der Waals surface area contributed by atoms with Crippen molar-refractivity contribution in [3.8, 4) is 0 Å². The van der Waals surface area contributed by atoms with Crippen LogP contribution in [-0.4, -0.2) is 11.7 Å². The van der Waals surface area contributed by atoms with E-state index in [4.69, 9.17) is 16.3 Å². The van der Waals surface area contributed by atoms with E-state index in [2.05, 4.69) is 20.8 Å². The molecule has 40 heavy (non-hydrogen) atoms. The summed E-state index contributed by atoms with van der Waals surface area (Å²) in [7, 11) is 0. The molecule has 0 radical (unpaired) electrons. The van der Waals surface area contributed by atoms with Gasteiger partial charge in [0.25, 0.3) is 0 Å². The van der Waals surface area contributed by atoms with Crippen molar-refractivity contribution in [2.75, 3.05) is 6.61 Å². The van der Waals surface area contributed by atoms with Crippen molar-refractivity contribution in [1.29, 1.82) is 0 Å². The van der Waals surface area contributed by atoms with Gasteiger partial charge in [0.15, 0.2) is 0 Å². The van der Waals surface area contributed by atoms with Crippen LogP contribution in [0.15, 0.2) is 0 Å². The summed E-state index contributed by atoms with van der Waals surface area (Å²) in [6.07, 6.45) is 46.1. The van der Waals surface area contributed by atoms with Crippen LogP contribution in [0.5, 0.6) is 0 Å². The van der Waals surface area contributed by atoms with Gasteiger partial charge in [0.05, 0.1) is 0 Å². The Bertz CT molecular complexity index is 449. The smallest absolute Gasteiger partial charge is 0.139 e. The molecule has 0 aromatic rings. The average molecular weight is 585 g/mol. The highest BCUT2D eigenvalue weighted by Gasteiger charge is 2.20. The molecule has 0 spiro atoms. The number of hydrogen-bond donors (Lipinski definition) is 0. The molecule has 1 nitrogen and oxygen atoms in total. The molecule has 0 heterocycles. The predicted octanol–water partition coefficient (Wildman–Crippen LogP) is 14.9. The lowest BCUT2D eigenvalue weighted by Crippen LogP contribution is -2.21. The maximum absolute atomic E-state index is 6.65. The summed E-state index contributed by atoms with van der Waals surface area (Å²) in [5, 5.41) is -0.453. The second-order valence-corrected chi connectivity index (χ2v) is 14.1. The van der Waals surface area contributed by atoms with Gasteiger partial charge in [-0.25, -0.2) is 0 Å². The van der Waals surface area contributed by atoms with Gasteiger partial charge in [-0.1, -0.05) is 218 Å². The zero-order valence-electron chi connectivity index (χ0n) is 28.3. The molecule has 0 aliphatic heterocycles. The summed E-state index contributed by atoms with van der Waals surface area (Å²) >= 11 is 6.65. The zero-order valence-corrected chi connectivity index (χ0v) is 29.1. The lowest BCUT2D eigenvalue weighted by atomic mass is 10.0. The third-order valence-electron chi connectivity index (χ3n) is 8.88. The molecular formula is C38H77ClO. The Labute approximate surface area is 260 Å². The minimum atomic E-state index is -0.453. The zero-order chi connectivity index (χ0) is 29.2. The molecule has 0 amide bonds. The Hall–Kier alpha value is 0.250. The van der Waals surface area contributed by atoms with Crippen molar-refractivity contribution in [3.05, 3.63) is 0 Å². The number of rotatable bonds is 35. The first kappa shape index (κ1) is 40.2. The summed E-state index contributed by atoms with van der Waals surface area (Å²) in [5.41, 5.74) is 0. The van der Waals surface area contributed by atoms with Gasteiger partial charge in [-0.3, -0.25) is 0 Å². The molecule has 1 atom stereocenters. The normalized spacial score (nSPS) is 13.2. The second kappa shape index (κ2) is 33.7. The van der Waals surface area contributed by atoms with Gasteiger partial charge in [0.2, 0.25) is 0 Å². The van der Waals surface area contributed by atoms with E-state index in [9.17, 15) is 0 Å². The maximum atomic E-state index is 6.65. The van der Waals surface area contributed by atoms with Crippen molar-refractivity contribution >= 4 is 11.6 Å². The van der Waals surface area contributed by atoms with Crippen molar-refractivity contribution < 1.29 is 4.74 Å². The highest BCUT2D eigenvalue weighted by atomic mass is 35.5. The first-order valence-corrected chi connectivity index (χ1v) is 19.3. The standard InChI is InChI=1S/C38H77ClO/c1-4-6-8-10-12-14-16-18-20-22-24-26-28-30-32-34-36-38(3,39)40-37-35-33-31-29-27-25-23-21-19-17-15-13-11-9-7-5-2/h4-37H2,1-3H3. The molecule has 2 heteroatoms. The van der Waals surface area contributed by atoms with Crippen molar-refractivity contribution in [2.45, 2.75) is 238 Å². The van der Waals surface area contributed by atoms with Gasteiger partial charge < -0.3 is 4.74 Å². The van der Waals surface area contributed by atoms with Crippen molar-refractivity contribution in [1.82, 2.24) is 0 Å². The number of ether oxygens (including phenoxy) is 1. The molecule has 0 aromatic carbocycles. The van der Waals surface area contributed by atoms with E-state index < -0.39 is 5.06 Å². The second-order valence-electron chi connectivity index (χ2n) is 13.3. The summed E-state index contributed by atoms with van der Waals surface area (Å²) in [6.45, 7) is 7.51. The molecule has 0 saturated carbocycles. The minimum absolute atomic E-state index is 0.453. The first-order valence-electron chi connectivity index (χ1n) is 18.9. The maximum Gasteiger partial charge on any atom is 0.139 e. The molecule has 0 aliphatic rings. The van der Waals surface area contributed by atoms with Crippen LogP contribution in [0.4, 0.5) is 0 Å². The third-order valence-corrected chi connectivity index (χ3v) is 9.18. The van der Waals surface area contributed by atoms with Crippen LogP contribution >= 0.6 is 11.6 Å². The van der Waals surface area contributed by atoms with Crippen LogP contribution in [0.1, 0.15) is 233 Å². The Kier molecular flexibility index (Phi) is 34.0. The highest BCUT2D eigenvalue weighted by molar-refractivity contribution is 6.22. The molecule has 0 fully saturated rings. The molecule has 0 saturated heterocycles. The van der Waals surface area contributed by atoms with Crippen LogP contribution < -0.4 is 0 Å². The van der Waals surface area contributed by atoms with Gasteiger partial charge in [0, 0.05) is 6.61 Å². The molecule has 0 rings (SSSR count). The van der Waals surface area contributed by atoms with Gasteiger partial charge in [-0.2, -0.15) is 0 Å². The molecule has 0 aliphatic carbocycles. The lowest BCUT2D eigenvalue weighted by Gasteiger charge is -2.22. The van der Waals surface area contributed by atoms with Crippen molar-refractivity contribution in [2.24, 2.45) is 0 Å². The van der Waals surface area contributed by atoms with E-state index in [1.165, 1.54) is 205 Å². The van der Waals surface area contributed by atoms with E-state index >= 15 is 0 Å². The molecule has 1 unspecified atom stereocenters. The quantitative estimate of drug-likeness (QED) is 0.0531. The van der Waals surface area contributed by atoms with E-state index in [0.717, 1.165) is 13.0 Å². The fourth-order valence-electron chi connectivity index (χ4n) is 6.00. The van der Waals surface area contributed by atoms with E-state index in [1.54, 1.807) is 0 Å². The van der Waals surface area contributed by atoms with Crippen LogP contribution in [0, 0.1) is 0 Å². The van der Waals surface area contributed by atoms with Gasteiger partial charge >= 0.3 is 0 Å². The predicted molar refractivity (Wildman–Crippen MR) is 184 cm³/mol. The molecule has 0 bridgehead atoms. The molecule has 0 N–H and O–H groups in total. The third kappa shape index (κ3) is 34.5. The SMILES string of the molecule is CCCCCCCCCCCCCCCCCCOC(C)(Cl)CCCCCCCCCCCCCCCCCC. The molecular weight excluding hydrogens is 508 g/mol. The summed E-state index contributed by atoms with van der Waals surface area (Å²) in [5.74, 6) is 0. The number of alkyl halides is 1. The summed E-state index contributed by atoms with van der Waals surface area (Å²) < 4.78 is 6.04. The number of unbranched alkanes of at least 4 members (excludes halogenated alkanes) is 30. The van der Waals surface area contributed by atoms with Crippen LogP contribution in [-0.2, 0) is 4.74 Å². The largest absolute Gasteiger partial charge is 0.360 e. The van der Waals surface area contributed by atoms with E-state index in [1.807, 2.05) is 0 Å². The number of halogens is 1. The van der Waals surface area contributed by atoms with Crippen LogP contribution in [0.2, 0.25) is 0 Å². The first-order chi connectivity index (χ1) is 19.6. The van der Waals surface area contributed by atoms with Crippen LogP contribution in [0.3, 0.4) is 0 Å². The Balaban J connectivity index is 3.26. The van der Waals surface area contributed by atoms with Crippen molar-refractivity contribution in [3.63, 3.8) is 0 Å². The summed E-state index contributed by atoms with van der Waals surface area (Å²) in [6, 6.07) is 0. The Morgan fingerprint density at radius 3 is 0.850 bits per heavy atom. The Morgan fingerprint density at radius 2 is 0.575 bits per heavy atom. The topological polar surface area (TPSA) is 9.23 Å². The fourth-order valence-corrected chi connectivity index (χ4v) is 6.21. The van der Waals surface area contributed by atoms with E-state index in [0.29, 0.717) is 0 Å². The minimum Gasteiger partial charge on any atom is -0.360 e. The highest BCUT2D eigenvalue weighted by Crippen LogP contribution is 2.25. The number of hydrogen-bond acceptors (Lipinski definition) is 1. The van der Waals surface area contributed by atoms with Gasteiger partial charge in [0.1, 0.15) is 5.06 Å². The van der Waals surface area contributed by atoms with Gasteiger partial charge in [-0.15, -0.1) is 0 Å².